The highest BCUT2D eigenvalue weighted by Crippen LogP contribution is 2.41. The van der Waals surface area contributed by atoms with Gasteiger partial charge in [0.1, 0.15) is 5.82 Å². The molecule has 1 saturated heterocycles. The number of allylic oxidation sites excluding steroid dienone is 1. The van der Waals surface area contributed by atoms with Crippen LogP contribution in [0.1, 0.15) is 36.6 Å². The lowest BCUT2D eigenvalue weighted by Crippen LogP contribution is -2.50. The molecule has 0 unspecified atom stereocenters. The average molecular weight is 432 g/mol. The summed E-state index contributed by atoms with van der Waals surface area (Å²) in [7, 11) is 2.80. The van der Waals surface area contributed by atoms with E-state index in [0.717, 1.165) is 12.8 Å². The average Bonchev–Trinajstić information content (AvgIpc) is 2.87. The maximum Gasteiger partial charge on any atom is 0.249 e. The van der Waals surface area contributed by atoms with Crippen molar-refractivity contribution in [2.24, 2.45) is 11.8 Å². The third-order valence-corrected chi connectivity index (χ3v) is 6.04. The van der Waals surface area contributed by atoms with Gasteiger partial charge in [-0.25, -0.2) is 4.98 Å². The summed E-state index contributed by atoms with van der Waals surface area (Å²) in [6, 6.07) is 2.89. The van der Waals surface area contributed by atoms with Gasteiger partial charge >= 0.3 is 0 Å². The molecule has 2 N–H and O–H groups in total. The van der Waals surface area contributed by atoms with Crippen LogP contribution in [0.5, 0.6) is 11.5 Å². The van der Waals surface area contributed by atoms with Crippen LogP contribution in [0.3, 0.4) is 0 Å². The zero-order chi connectivity index (χ0) is 28.7. The summed E-state index contributed by atoms with van der Waals surface area (Å²) < 4.78 is 80.4. The summed E-state index contributed by atoms with van der Waals surface area (Å²) in [5.74, 6) is -1.50. The second-order valence-corrected chi connectivity index (χ2v) is 7.79. The number of benzene rings is 1. The highest BCUT2D eigenvalue weighted by molar-refractivity contribution is 5.94. The van der Waals surface area contributed by atoms with Gasteiger partial charge in [-0.2, -0.15) is 4.98 Å². The van der Waals surface area contributed by atoms with Gasteiger partial charge in [0.25, 0.3) is 0 Å². The Morgan fingerprint density at radius 2 is 1.74 bits per heavy atom. The molecule has 1 amide bonds. The first kappa shape index (κ1) is 12.7. The Hall–Kier alpha value is -3.03. The number of methoxy groups -OCH3 is 2. The predicted octanol–water partition coefficient (Wildman–Crippen LogP) is 2.62. The monoisotopic (exact) mass is 431 g/mol. The molecule has 164 valence electrons. The number of carbonyl (C=O) groups is 1. The number of rotatable bonds is 4. The molecule has 8 heteroatoms. The van der Waals surface area contributed by atoms with Gasteiger partial charge < -0.3 is 25.0 Å². The number of nitrogen functional groups attached to an aromatic ring is 1. The van der Waals surface area contributed by atoms with Crippen molar-refractivity contribution < 1.29 is 25.2 Å². The normalized spacial score (nSPS) is 33.4. The van der Waals surface area contributed by atoms with E-state index in [1.54, 1.807) is 6.08 Å². The smallest absolute Gasteiger partial charge is 0.249 e. The summed E-state index contributed by atoms with van der Waals surface area (Å²) in [6.45, 7) is -13.4. The zero-order valence-corrected chi connectivity index (χ0v) is 17.3. The van der Waals surface area contributed by atoms with Crippen molar-refractivity contribution in [3.63, 3.8) is 0 Å². The number of carbonyl (C=O) groups excluding carboxylic acids is 1. The van der Waals surface area contributed by atoms with Gasteiger partial charge in [0.15, 0.2) is 11.5 Å². The molecule has 1 aliphatic heterocycles. The maximum atomic E-state index is 13.7. The number of nitrogens with zero attached hydrogens (tertiary/aromatic N) is 4. The van der Waals surface area contributed by atoms with Gasteiger partial charge in [0.05, 0.1) is 30.7 Å². The summed E-state index contributed by atoms with van der Waals surface area (Å²) in [5, 5.41) is 0.275. The second-order valence-electron chi connectivity index (χ2n) is 7.79. The molecule has 0 atom stereocenters. The second kappa shape index (κ2) is 7.90. The quantitative estimate of drug-likeness (QED) is 0.795. The molecule has 0 radical (unpaired) electrons. The van der Waals surface area contributed by atoms with E-state index >= 15 is 0 Å². The summed E-state index contributed by atoms with van der Waals surface area (Å²) in [5.41, 5.74) is 6.43. The molecule has 2 aromatic rings. The van der Waals surface area contributed by atoms with Crippen LogP contribution in [-0.4, -0.2) is 61.0 Å². The third kappa shape index (κ3) is 3.54. The Labute approximate surface area is 193 Å². The van der Waals surface area contributed by atoms with Crippen molar-refractivity contribution in [3.05, 3.63) is 23.8 Å². The lowest BCUT2D eigenvalue weighted by molar-refractivity contribution is -0.128. The summed E-state index contributed by atoms with van der Waals surface area (Å²) in [6.07, 6.45) is 4.82. The lowest BCUT2D eigenvalue weighted by Gasteiger charge is -2.39. The van der Waals surface area contributed by atoms with E-state index in [4.69, 9.17) is 26.2 Å². The third-order valence-electron chi connectivity index (χ3n) is 6.04. The van der Waals surface area contributed by atoms with Crippen molar-refractivity contribution in [2.75, 3.05) is 50.8 Å². The van der Waals surface area contributed by atoms with Crippen LogP contribution < -0.4 is 20.1 Å². The van der Waals surface area contributed by atoms with Crippen molar-refractivity contribution >= 4 is 28.6 Å². The van der Waals surface area contributed by atoms with Crippen LogP contribution >= 0.6 is 0 Å². The lowest BCUT2D eigenvalue weighted by atomic mass is 9.71. The van der Waals surface area contributed by atoms with E-state index in [1.165, 1.54) is 26.4 Å². The Balaban J connectivity index is 1.66. The maximum absolute atomic E-state index is 13.7. The highest BCUT2D eigenvalue weighted by Gasteiger charge is 2.35. The first-order valence-corrected chi connectivity index (χ1v) is 10.2. The molecule has 4 aliphatic rings. The fourth-order valence-electron chi connectivity index (χ4n) is 4.39. The van der Waals surface area contributed by atoms with E-state index in [0.29, 0.717) is 18.6 Å². The van der Waals surface area contributed by atoms with E-state index < -0.39 is 37.8 Å². The number of anilines is 2. The van der Waals surface area contributed by atoms with Crippen LogP contribution in [0, 0.1) is 11.8 Å². The fraction of sp³-hybridized carbons (Fsp3) is 0.522. The van der Waals surface area contributed by atoms with Gasteiger partial charge in [0.2, 0.25) is 11.9 Å². The molecule has 8 nitrogen and oxygen atoms in total. The van der Waals surface area contributed by atoms with Crippen molar-refractivity contribution in [3.8, 4) is 11.5 Å². The SMILES string of the molecule is [2H]C1([2H])N(C(=O)C2=CC3CCC2CC3)C([2H])([2H])C([2H])([2H])N(c2nc(N)c3cc(OC)c(OC)cc3n2)C1([2H])[2H]. The molecule has 1 saturated carbocycles. The van der Waals surface area contributed by atoms with Crippen molar-refractivity contribution in [2.45, 2.75) is 25.7 Å². The fourth-order valence-corrected chi connectivity index (χ4v) is 4.39. The number of hydrogen-bond donors (Lipinski definition) is 1. The Morgan fingerprint density at radius 3 is 2.35 bits per heavy atom. The number of hydrogen-bond acceptors (Lipinski definition) is 7. The van der Waals surface area contributed by atoms with E-state index in [-0.39, 0.29) is 49.7 Å². The number of piperazine rings is 1. The van der Waals surface area contributed by atoms with Crippen LogP contribution in [0.25, 0.3) is 10.9 Å². The number of aromatic nitrogens is 2. The minimum Gasteiger partial charge on any atom is -0.493 e. The molecule has 2 bridgehead atoms. The number of amides is 1. The van der Waals surface area contributed by atoms with E-state index in [1.807, 2.05) is 0 Å². The standard InChI is InChI=1S/C23H29N5O3/c1-30-19-12-17-18(13-20(19)31-2)25-23(26-21(17)24)28-9-7-27(8-10-28)22(29)16-11-14-3-5-15(16)6-4-14/h11-15H,3-10H2,1-2H3,(H2,24,25,26)/i7D2,8D2,9D2,10D2. The van der Waals surface area contributed by atoms with Gasteiger partial charge in [-0.05, 0) is 43.6 Å². The zero-order valence-electron chi connectivity index (χ0n) is 25.3. The van der Waals surface area contributed by atoms with Gasteiger partial charge in [-0.15, -0.1) is 0 Å². The number of nitrogens with two attached hydrogens (primary N) is 1. The summed E-state index contributed by atoms with van der Waals surface area (Å²) in [4.78, 5) is 22.2. The van der Waals surface area contributed by atoms with Crippen LogP contribution in [-0.2, 0) is 4.79 Å². The largest absolute Gasteiger partial charge is 0.493 e. The van der Waals surface area contributed by atoms with Crippen LogP contribution in [0.2, 0.25) is 0 Å². The molecule has 6 rings (SSSR count). The van der Waals surface area contributed by atoms with Crippen LogP contribution in [0.15, 0.2) is 23.8 Å². The van der Waals surface area contributed by atoms with Crippen molar-refractivity contribution in [1.29, 1.82) is 0 Å². The topological polar surface area (TPSA) is 93.8 Å². The van der Waals surface area contributed by atoms with E-state index in [2.05, 4.69) is 9.97 Å². The van der Waals surface area contributed by atoms with Gasteiger partial charge in [-0.3, -0.25) is 4.79 Å². The minimum atomic E-state index is -3.35. The Bertz CT molecular complexity index is 1350. The molecular weight excluding hydrogens is 394 g/mol. The van der Waals surface area contributed by atoms with Gasteiger partial charge in [-0.1, -0.05) is 6.08 Å². The Kier molecular flexibility index (Phi) is 3.25. The van der Waals surface area contributed by atoms with Crippen molar-refractivity contribution in [1.82, 2.24) is 14.9 Å². The minimum absolute atomic E-state index is 0.0847. The Morgan fingerprint density at radius 1 is 1.06 bits per heavy atom. The molecule has 2 heterocycles. The highest BCUT2D eigenvalue weighted by atomic mass is 16.5. The summed E-state index contributed by atoms with van der Waals surface area (Å²) >= 11 is 0. The van der Waals surface area contributed by atoms with E-state index in [9.17, 15) is 4.79 Å². The number of fused-ring (bicyclic) bond motifs is 3. The first-order chi connectivity index (χ1) is 18.1. The molecule has 0 spiro atoms. The van der Waals surface area contributed by atoms with Crippen LogP contribution in [0.4, 0.5) is 11.8 Å². The first-order valence-electron chi connectivity index (χ1n) is 14.2. The number of ether oxygens (including phenoxy) is 2. The predicted molar refractivity (Wildman–Crippen MR) is 119 cm³/mol. The molecule has 31 heavy (non-hydrogen) atoms. The molecule has 1 aromatic carbocycles. The molecular formula is C23H29N5O3. The molecule has 1 aromatic heterocycles. The molecule has 2 fully saturated rings. The van der Waals surface area contributed by atoms with Gasteiger partial charge in [0, 0.05) is 43.0 Å². The molecule has 3 aliphatic carbocycles.